The van der Waals surface area contributed by atoms with Gasteiger partial charge >= 0.3 is 219 Å². The minimum atomic E-state index is -1.07. The number of hydrogen-bond donors (Lipinski definition) is 1. The number of aliphatic hydroxyl groups is 1. The predicted octanol–water partition coefficient (Wildman–Crippen LogP) is 6.56. The molecule has 1 aromatic heterocycles. The summed E-state index contributed by atoms with van der Waals surface area (Å²) in [5, 5.41) is 12.8. The van der Waals surface area contributed by atoms with Crippen molar-refractivity contribution in [1.82, 2.24) is 9.88 Å². The molecule has 0 radical (unpaired) electrons. The minimum absolute atomic E-state index is 0.451. The Bertz CT molecular complexity index is 1280. The standard InChI is InChI=1S/C32H38AsClN2O2/c1-4-33(24-10-12-26(34)13-11-24)25-15-19-36(20-16-25)18-6-8-27-28-7-5-17-35-30(28)22-38-31-14-9-23(21-29(27)31)32(2,3)37/h5,7-14,17,21,25,37H,4,6,15-16,18-20,22H2,1-3H3. The second kappa shape index (κ2) is 12.0. The molecule has 2 aliphatic rings. The number of halogens is 1. The van der Waals surface area contributed by atoms with Crippen LogP contribution in [0.5, 0.6) is 5.75 Å². The summed E-state index contributed by atoms with van der Waals surface area (Å²) in [6, 6.07) is 18.8. The van der Waals surface area contributed by atoms with Crippen molar-refractivity contribution in [2.45, 2.75) is 62.2 Å². The fourth-order valence-electron chi connectivity index (χ4n) is 5.69. The van der Waals surface area contributed by atoms with Crippen molar-refractivity contribution >= 4 is 36.2 Å². The number of rotatable bonds is 7. The predicted molar refractivity (Wildman–Crippen MR) is 159 cm³/mol. The van der Waals surface area contributed by atoms with Gasteiger partial charge in [0.15, 0.2) is 0 Å². The van der Waals surface area contributed by atoms with Crippen molar-refractivity contribution in [2.75, 3.05) is 19.6 Å². The van der Waals surface area contributed by atoms with Crippen LogP contribution < -0.4 is 9.09 Å². The van der Waals surface area contributed by atoms with Gasteiger partial charge in [0.2, 0.25) is 0 Å². The van der Waals surface area contributed by atoms with Gasteiger partial charge in [0.1, 0.15) is 0 Å². The molecule has 0 amide bonds. The van der Waals surface area contributed by atoms with Crippen LogP contribution in [0.4, 0.5) is 0 Å². The summed E-state index contributed by atoms with van der Waals surface area (Å²) in [4.78, 5) is 7.24. The normalized spacial score (nSPS) is 18.4. The van der Waals surface area contributed by atoms with Gasteiger partial charge in [-0.25, -0.2) is 0 Å². The van der Waals surface area contributed by atoms with Crippen LogP contribution in [0.25, 0.3) is 5.57 Å². The molecule has 200 valence electrons. The number of benzene rings is 2. The van der Waals surface area contributed by atoms with Crippen LogP contribution in [-0.4, -0.2) is 49.3 Å². The van der Waals surface area contributed by atoms with E-state index in [0.29, 0.717) is 6.61 Å². The van der Waals surface area contributed by atoms with Gasteiger partial charge in [-0.3, -0.25) is 0 Å². The van der Waals surface area contributed by atoms with E-state index < -0.39 is 20.3 Å². The van der Waals surface area contributed by atoms with Crippen molar-refractivity contribution in [3.63, 3.8) is 0 Å². The van der Waals surface area contributed by atoms with E-state index in [9.17, 15) is 5.11 Å². The Morgan fingerprint density at radius 2 is 1.87 bits per heavy atom. The number of nitrogens with zero attached hydrogens (tertiary/aromatic N) is 2. The molecule has 0 spiro atoms. The first-order valence-corrected chi connectivity index (χ1v) is 17.4. The summed E-state index contributed by atoms with van der Waals surface area (Å²) in [5.41, 5.74) is 4.24. The fraction of sp³-hybridized carbons (Fsp3) is 0.406. The Morgan fingerprint density at radius 3 is 2.58 bits per heavy atom. The molecule has 4 nitrogen and oxygen atoms in total. The molecule has 1 saturated heterocycles. The Labute approximate surface area is 237 Å². The maximum absolute atomic E-state index is 10.7. The van der Waals surface area contributed by atoms with Gasteiger partial charge in [0.25, 0.3) is 0 Å². The third kappa shape index (κ3) is 6.20. The van der Waals surface area contributed by atoms with Crippen molar-refractivity contribution in [2.24, 2.45) is 0 Å². The first kappa shape index (κ1) is 27.5. The van der Waals surface area contributed by atoms with Gasteiger partial charge < -0.3 is 5.11 Å². The molecule has 0 aliphatic carbocycles. The SMILES string of the molecule is CC[As](c1ccc(Cl)cc1)C1CCN(CCC=C2c3cc(C(C)(C)O)ccc3OCc3ncccc32)CC1. The van der Waals surface area contributed by atoms with E-state index >= 15 is 0 Å². The Hall–Kier alpha value is -2.10. The van der Waals surface area contributed by atoms with Crippen molar-refractivity contribution < 1.29 is 9.84 Å². The van der Waals surface area contributed by atoms with E-state index in [-0.39, 0.29) is 0 Å². The van der Waals surface area contributed by atoms with Gasteiger partial charge in [-0.1, -0.05) is 0 Å². The van der Waals surface area contributed by atoms with Gasteiger partial charge in [-0.2, -0.15) is 0 Å². The molecule has 0 bridgehead atoms. The molecule has 1 fully saturated rings. The van der Waals surface area contributed by atoms with Crippen LogP contribution in [0, 0.1) is 0 Å². The molecule has 2 aromatic carbocycles. The first-order valence-electron chi connectivity index (χ1n) is 13.7. The van der Waals surface area contributed by atoms with Crippen LogP contribution in [0.3, 0.4) is 0 Å². The van der Waals surface area contributed by atoms with Gasteiger partial charge in [-0.05, 0) is 13.8 Å². The van der Waals surface area contributed by atoms with E-state index in [4.69, 9.17) is 16.3 Å². The number of likely N-dealkylation sites (tertiary alicyclic amines) is 1. The van der Waals surface area contributed by atoms with Crippen LogP contribution in [0.15, 0.2) is 66.9 Å². The molecule has 1 N–H and O–H groups in total. The molecule has 3 heterocycles. The van der Waals surface area contributed by atoms with Gasteiger partial charge in [0.05, 0.1) is 0 Å². The van der Waals surface area contributed by atoms with Crippen LogP contribution in [0.1, 0.15) is 62.4 Å². The topological polar surface area (TPSA) is 45.6 Å². The maximum atomic E-state index is 10.7. The van der Waals surface area contributed by atoms with E-state index in [0.717, 1.165) is 56.4 Å². The molecule has 2 aliphatic heterocycles. The first-order chi connectivity index (χ1) is 18.3. The van der Waals surface area contributed by atoms with Crippen molar-refractivity contribution in [1.29, 1.82) is 0 Å². The number of aromatic nitrogens is 1. The van der Waals surface area contributed by atoms with Crippen LogP contribution in [-0.2, 0) is 12.2 Å². The third-order valence-electron chi connectivity index (χ3n) is 7.81. The molecular formula is C32H38AsClN2O2. The zero-order valence-corrected chi connectivity index (χ0v) is 25.3. The molecule has 1 atom stereocenters. The van der Waals surface area contributed by atoms with Crippen LogP contribution >= 0.6 is 11.6 Å². The summed E-state index contributed by atoms with van der Waals surface area (Å²) in [5.74, 6) is 0.848. The van der Waals surface area contributed by atoms with E-state index in [2.05, 4.69) is 59.3 Å². The summed E-state index contributed by atoms with van der Waals surface area (Å²) >= 11 is 5.08. The monoisotopic (exact) mass is 592 g/mol. The fourth-order valence-corrected chi connectivity index (χ4v) is 11.5. The number of piperidine rings is 1. The second-order valence-electron chi connectivity index (χ2n) is 10.8. The zero-order chi connectivity index (χ0) is 26.7. The molecule has 38 heavy (non-hydrogen) atoms. The average Bonchev–Trinajstić information content (AvgIpc) is 3.07. The van der Waals surface area contributed by atoms with E-state index in [1.165, 1.54) is 31.1 Å². The number of ether oxygens (including phenoxy) is 1. The number of fused-ring (bicyclic) bond motifs is 2. The summed E-state index contributed by atoms with van der Waals surface area (Å²) in [6.07, 6.45) is 7.75. The molecular weight excluding hydrogens is 555 g/mol. The zero-order valence-electron chi connectivity index (χ0n) is 22.7. The van der Waals surface area contributed by atoms with Crippen molar-refractivity contribution in [3.05, 3.63) is 94.3 Å². The molecule has 1 unspecified atom stereocenters. The van der Waals surface area contributed by atoms with Crippen molar-refractivity contribution in [3.8, 4) is 5.75 Å². The summed E-state index contributed by atoms with van der Waals surface area (Å²) < 4.78 is 8.60. The Balaban J connectivity index is 1.30. The second-order valence-corrected chi connectivity index (χ2v) is 17.1. The molecule has 0 saturated carbocycles. The Morgan fingerprint density at radius 1 is 1.11 bits per heavy atom. The molecule has 3 aromatic rings. The van der Waals surface area contributed by atoms with Gasteiger partial charge in [-0.15, -0.1) is 0 Å². The van der Waals surface area contributed by atoms with Gasteiger partial charge in [0, 0.05) is 0 Å². The quantitative estimate of drug-likeness (QED) is 0.316. The Kier molecular flexibility index (Phi) is 8.65. The molecule has 5 rings (SSSR count). The third-order valence-corrected chi connectivity index (χ3v) is 14.4. The molecule has 6 heteroatoms. The summed E-state index contributed by atoms with van der Waals surface area (Å²) in [7, 11) is 0. The van der Waals surface area contributed by atoms with E-state index in [1.54, 1.807) is 4.35 Å². The average molecular weight is 593 g/mol. The number of hydrogen-bond acceptors (Lipinski definition) is 4. The summed E-state index contributed by atoms with van der Waals surface area (Å²) in [6.45, 7) is 9.87. The van der Waals surface area contributed by atoms with Crippen LogP contribution in [0.2, 0.25) is 14.9 Å². The van der Waals surface area contributed by atoms with E-state index in [1.807, 2.05) is 38.2 Å². The number of pyridine rings is 1.